The molecule has 1 aliphatic carbocycles. The quantitative estimate of drug-likeness (QED) is 0.695. The standard InChI is InChI=1S/C20H25N3S/c1-14(2)12-21-20-23(22-18-7-5-6-8-18)19(13-24-20)17-10-9-15(3)16(4)11-17/h9-11,13H,1,5-8,12H2,2-4H3. The molecule has 0 amide bonds. The van der Waals surface area contributed by atoms with Crippen molar-refractivity contribution in [1.82, 2.24) is 4.68 Å². The molecule has 3 nitrogen and oxygen atoms in total. The molecule has 0 spiro atoms. The molecule has 0 atom stereocenters. The molecule has 1 aliphatic rings. The fourth-order valence-corrected chi connectivity index (χ4v) is 3.66. The zero-order chi connectivity index (χ0) is 17.1. The Hall–Kier alpha value is -1.94. The average Bonchev–Trinajstić information content (AvgIpc) is 3.19. The molecule has 1 aromatic heterocycles. The van der Waals surface area contributed by atoms with Crippen LogP contribution in [0.5, 0.6) is 0 Å². The van der Waals surface area contributed by atoms with Gasteiger partial charge in [0.25, 0.3) is 0 Å². The van der Waals surface area contributed by atoms with Crippen LogP contribution in [0.15, 0.2) is 45.8 Å². The second-order valence-electron chi connectivity index (χ2n) is 6.66. The van der Waals surface area contributed by atoms with Crippen LogP contribution in [-0.4, -0.2) is 16.9 Å². The van der Waals surface area contributed by atoms with Crippen LogP contribution in [0.3, 0.4) is 0 Å². The van der Waals surface area contributed by atoms with Crippen LogP contribution in [0.1, 0.15) is 43.7 Å². The van der Waals surface area contributed by atoms with Crippen molar-refractivity contribution in [2.75, 3.05) is 6.54 Å². The Balaban J connectivity index is 2.11. The molecule has 126 valence electrons. The highest BCUT2D eigenvalue weighted by atomic mass is 32.1. The van der Waals surface area contributed by atoms with E-state index in [-0.39, 0.29) is 0 Å². The van der Waals surface area contributed by atoms with Gasteiger partial charge in [0.15, 0.2) is 0 Å². The SMILES string of the molecule is C=C(C)CN=c1scc(-c2ccc(C)c(C)c2)n1N=C1CCCC1. The molecule has 0 bridgehead atoms. The molecular weight excluding hydrogens is 314 g/mol. The molecule has 0 N–H and O–H groups in total. The summed E-state index contributed by atoms with van der Waals surface area (Å²) in [7, 11) is 0. The normalized spacial score (nSPS) is 15.1. The molecule has 0 aliphatic heterocycles. The molecule has 1 aromatic carbocycles. The zero-order valence-electron chi connectivity index (χ0n) is 14.8. The summed E-state index contributed by atoms with van der Waals surface area (Å²) in [4.78, 5) is 5.66. The summed E-state index contributed by atoms with van der Waals surface area (Å²) in [5.41, 5.74) is 7.30. The molecule has 3 rings (SSSR count). The van der Waals surface area contributed by atoms with Crippen LogP contribution >= 0.6 is 11.3 Å². The largest absolute Gasteiger partial charge is 0.253 e. The predicted molar refractivity (Wildman–Crippen MR) is 104 cm³/mol. The van der Waals surface area contributed by atoms with E-state index in [2.05, 4.69) is 44.0 Å². The van der Waals surface area contributed by atoms with Crippen molar-refractivity contribution >= 4 is 17.0 Å². The van der Waals surface area contributed by atoms with E-state index in [1.165, 1.54) is 35.2 Å². The van der Waals surface area contributed by atoms with Crippen molar-refractivity contribution in [3.8, 4) is 11.3 Å². The van der Waals surface area contributed by atoms with Crippen LogP contribution in [0.2, 0.25) is 0 Å². The number of aromatic nitrogens is 1. The first-order chi connectivity index (χ1) is 11.5. The van der Waals surface area contributed by atoms with E-state index < -0.39 is 0 Å². The Morgan fingerprint density at radius 1 is 1.21 bits per heavy atom. The third kappa shape index (κ3) is 3.75. The molecule has 2 aromatic rings. The zero-order valence-corrected chi connectivity index (χ0v) is 15.6. The van der Waals surface area contributed by atoms with Crippen LogP contribution in [-0.2, 0) is 0 Å². The topological polar surface area (TPSA) is 29.6 Å². The van der Waals surface area contributed by atoms with Gasteiger partial charge in [0, 0.05) is 16.7 Å². The molecule has 4 heteroatoms. The monoisotopic (exact) mass is 339 g/mol. The predicted octanol–water partition coefficient (Wildman–Crippen LogP) is 5.09. The van der Waals surface area contributed by atoms with E-state index in [0.29, 0.717) is 6.54 Å². The molecule has 1 heterocycles. The van der Waals surface area contributed by atoms with Crippen LogP contribution in [0, 0.1) is 13.8 Å². The van der Waals surface area contributed by atoms with Gasteiger partial charge in [0.05, 0.1) is 12.2 Å². The average molecular weight is 340 g/mol. The van der Waals surface area contributed by atoms with E-state index >= 15 is 0 Å². The lowest BCUT2D eigenvalue weighted by Crippen LogP contribution is -2.14. The lowest BCUT2D eigenvalue weighted by molar-refractivity contribution is 0.824. The highest BCUT2D eigenvalue weighted by Gasteiger charge is 2.12. The lowest BCUT2D eigenvalue weighted by Gasteiger charge is -2.07. The maximum Gasteiger partial charge on any atom is 0.206 e. The van der Waals surface area contributed by atoms with Gasteiger partial charge in [0.2, 0.25) is 4.80 Å². The van der Waals surface area contributed by atoms with Gasteiger partial charge in [-0.05, 0) is 63.6 Å². The van der Waals surface area contributed by atoms with Crippen molar-refractivity contribution in [2.45, 2.75) is 46.5 Å². The Morgan fingerprint density at radius 2 is 1.96 bits per heavy atom. The Kier molecular flexibility index (Phi) is 5.14. The Bertz CT molecular complexity index is 844. The molecule has 0 radical (unpaired) electrons. The van der Waals surface area contributed by atoms with Gasteiger partial charge in [-0.1, -0.05) is 24.3 Å². The van der Waals surface area contributed by atoms with Gasteiger partial charge in [-0.15, -0.1) is 11.3 Å². The van der Waals surface area contributed by atoms with E-state index in [1.54, 1.807) is 11.3 Å². The summed E-state index contributed by atoms with van der Waals surface area (Å²) in [6, 6.07) is 6.60. The molecule has 24 heavy (non-hydrogen) atoms. The fraction of sp³-hybridized carbons (Fsp3) is 0.400. The van der Waals surface area contributed by atoms with Crippen LogP contribution < -0.4 is 4.80 Å². The summed E-state index contributed by atoms with van der Waals surface area (Å²) in [5, 5.41) is 7.11. The van der Waals surface area contributed by atoms with E-state index in [4.69, 9.17) is 10.1 Å². The number of aryl methyl sites for hydroxylation is 2. The minimum Gasteiger partial charge on any atom is -0.253 e. The van der Waals surface area contributed by atoms with E-state index in [9.17, 15) is 0 Å². The van der Waals surface area contributed by atoms with Crippen molar-refractivity contribution in [1.29, 1.82) is 0 Å². The first-order valence-electron chi connectivity index (χ1n) is 8.54. The van der Waals surface area contributed by atoms with Gasteiger partial charge in [-0.2, -0.15) is 5.10 Å². The molecule has 1 saturated carbocycles. The van der Waals surface area contributed by atoms with E-state index in [1.807, 2.05) is 11.6 Å². The Morgan fingerprint density at radius 3 is 2.62 bits per heavy atom. The minimum atomic E-state index is 0.651. The van der Waals surface area contributed by atoms with Gasteiger partial charge in [0.1, 0.15) is 0 Å². The van der Waals surface area contributed by atoms with Crippen LogP contribution in [0.25, 0.3) is 11.3 Å². The number of thiazole rings is 1. The highest BCUT2D eigenvalue weighted by Crippen LogP contribution is 2.24. The lowest BCUT2D eigenvalue weighted by atomic mass is 10.1. The maximum atomic E-state index is 4.94. The number of rotatable bonds is 4. The third-order valence-corrected chi connectivity index (χ3v) is 5.25. The maximum absolute atomic E-state index is 4.94. The van der Waals surface area contributed by atoms with Crippen molar-refractivity contribution in [2.24, 2.45) is 10.1 Å². The summed E-state index contributed by atoms with van der Waals surface area (Å²) < 4.78 is 2.04. The van der Waals surface area contributed by atoms with Crippen molar-refractivity contribution in [3.05, 3.63) is 51.7 Å². The van der Waals surface area contributed by atoms with Crippen LogP contribution in [0.4, 0.5) is 0 Å². The second kappa shape index (κ2) is 7.31. The number of hydrogen-bond donors (Lipinski definition) is 0. The van der Waals surface area contributed by atoms with Gasteiger partial charge in [-0.25, -0.2) is 4.68 Å². The third-order valence-electron chi connectivity index (χ3n) is 4.39. The minimum absolute atomic E-state index is 0.651. The summed E-state index contributed by atoms with van der Waals surface area (Å²) in [6.07, 6.45) is 4.71. The van der Waals surface area contributed by atoms with Gasteiger partial charge >= 0.3 is 0 Å². The smallest absolute Gasteiger partial charge is 0.206 e. The van der Waals surface area contributed by atoms with E-state index in [0.717, 1.165) is 28.9 Å². The highest BCUT2D eigenvalue weighted by molar-refractivity contribution is 7.07. The summed E-state index contributed by atoms with van der Waals surface area (Å²) >= 11 is 1.65. The summed E-state index contributed by atoms with van der Waals surface area (Å²) in [6.45, 7) is 10.9. The first-order valence-corrected chi connectivity index (χ1v) is 9.42. The molecule has 0 unspecified atom stereocenters. The Labute approximate surface area is 148 Å². The first kappa shape index (κ1) is 16.9. The number of nitrogens with zero attached hydrogens (tertiary/aromatic N) is 3. The number of hydrogen-bond acceptors (Lipinski definition) is 3. The number of benzene rings is 1. The molecule has 0 saturated heterocycles. The second-order valence-corrected chi connectivity index (χ2v) is 7.50. The molecular formula is C20H25N3S. The van der Waals surface area contributed by atoms with Gasteiger partial charge in [-0.3, -0.25) is 4.99 Å². The van der Waals surface area contributed by atoms with Crippen molar-refractivity contribution in [3.63, 3.8) is 0 Å². The van der Waals surface area contributed by atoms with Gasteiger partial charge < -0.3 is 0 Å². The molecule has 1 fully saturated rings. The fourth-order valence-electron chi connectivity index (χ4n) is 2.83. The van der Waals surface area contributed by atoms with Crippen molar-refractivity contribution < 1.29 is 0 Å². The summed E-state index contributed by atoms with van der Waals surface area (Å²) in [5.74, 6) is 0.